The average Bonchev–Trinajstić information content (AvgIpc) is 2.89. The van der Waals surface area contributed by atoms with E-state index in [1.54, 1.807) is 6.20 Å². The highest BCUT2D eigenvalue weighted by molar-refractivity contribution is 7.89. The third-order valence-corrected chi connectivity index (χ3v) is 4.10. The van der Waals surface area contributed by atoms with Crippen molar-refractivity contribution in [2.45, 2.75) is 11.4 Å². The second kappa shape index (κ2) is 5.40. The molecule has 1 aromatic heterocycles. The number of nitriles is 1. The molecule has 0 bridgehead atoms. The Morgan fingerprint density at radius 1 is 1.47 bits per heavy atom. The topological polar surface area (TPSA) is 98.6 Å². The van der Waals surface area contributed by atoms with Crippen molar-refractivity contribution in [3.63, 3.8) is 0 Å². The lowest BCUT2D eigenvalue weighted by Crippen LogP contribution is -2.23. The third-order valence-electron chi connectivity index (χ3n) is 2.39. The van der Waals surface area contributed by atoms with Gasteiger partial charge in [0.25, 0.3) is 0 Å². The number of halogens is 1. The number of sulfonamides is 1. The molecular weight excluding hydrogens is 288 g/mol. The van der Waals surface area contributed by atoms with Crippen LogP contribution in [-0.4, -0.2) is 18.6 Å². The SMILES string of the molecule is N#Cc1ccc(S(=O)(=O)NCc2cn[nH]c2)cc1Cl. The van der Waals surface area contributed by atoms with Gasteiger partial charge in [0.1, 0.15) is 6.07 Å². The van der Waals surface area contributed by atoms with Gasteiger partial charge in [-0.1, -0.05) is 11.6 Å². The Morgan fingerprint density at radius 3 is 2.84 bits per heavy atom. The molecule has 1 heterocycles. The summed E-state index contributed by atoms with van der Waals surface area (Å²) >= 11 is 5.81. The van der Waals surface area contributed by atoms with Crippen molar-refractivity contribution in [2.24, 2.45) is 0 Å². The number of nitrogens with one attached hydrogen (secondary N) is 2. The Labute approximate surface area is 115 Å². The van der Waals surface area contributed by atoms with Gasteiger partial charge in [-0.05, 0) is 18.2 Å². The highest BCUT2D eigenvalue weighted by Crippen LogP contribution is 2.20. The van der Waals surface area contributed by atoms with Gasteiger partial charge in [0, 0.05) is 18.3 Å². The molecule has 98 valence electrons. The van der Waals surface area contributed by atoms with Crippen molar-refractivity contribution in [1.29, 1.82) is 5.26 Å². The summed E-state index contributed by atoms with van der Waals surface area (Å²) in [7, 11) is -3.67. The average molecular weight is 297 g/mol. The summed E-state index contributed by atoms with van der Waals surface area (Å²) in [5.74, 6) is 0. The zero-order valence-electron chi connectivity index (χ0n) is 9.59. The smallest absolute Gasteiger partial charge is 0.240 e. The van der Waals surface area contributed by atoms with Gasteiger partial charge in [0.2, 0.25) is 10.0 Å². The summed E-state index contributed by atoms with van der Waals surface area (Å²) in [6.45, 7) is 0.121. The second-order valence-corrected chi connectivity index (χ2v) is 5.86. The van der Waals surface area contributed by atoms with Crippen molar-refractivity contribution in [3.05, 3.63) is 46.7 Å². The molecule has 0 atom stereocenters. The van der Waals surface area contributed by atoms with Gasteiger partial charge in [-0.15, -0.1) is 0 Å². The molecule has 19 heavy (non-hydrogen) atoms. The Kier molecular flexibility index (Phi) is 3.85. The third kappa shape index (κ3) is 3.12. The van der Waals surface area contributed by atoms with Crippen LogP contribution in [0.3, 0.4) is 0 Å². The molecule has 2 rings (SSSR count). The summed E-state index contributed by atoms with van der Waals surface area (Å²) in [5, 5.41) is 15.1. The number of aromatic nitrogens is 2. The Balaban J connectivity index is 2.20. The van der Waals surface area contributed by atoms with Crippen LogP contribution < -0.4 is 4.72 Å². The van der Waals surface area contributed by atoms with Crippen LogP contribution >= 0.6 is 11.6 Å². The predicted molar refractivity (Wildman–Crippen MR) is 68.8 cm³/mol. The van der Waals surface area contributed by atoms with Crippen molar-refractivity contribution in [3.8, 4) is 6.07 Å². The molecule has 2 N–H and O–H groups in total. The molecule has 0 saturated heterocycles. The molecule has 0 amide bonds. The lowest BCUT2D eigenvalue weighted by Gasteiger charge is -2.06. The van der Waals surface area contributed by atoms with Crippen LogP contribution in [0.2, 0.25) is 5.02 Å². The van der Waals surface area contributed by atoms with E-state index < -0.39 is 10.0 Å². The number of nitrogens with zero attached hydrogens (tertiary/aromatic N) is 2. The van der Waals surface area contributed by atoms with Gasteiger partial charge < -0.3 is 0 Å². The number of aromatic amines is 1. The van der Waals surface area contributed by atoms with Crippen LogP contribution in [0.15, 0.2) is 35.5 Å². The molecule has 6 nitrogen and oxygen atoms in total. The van der Waals surface area contributed by atoms with E-state index in [1.807, 2.05) is 6.07 Å². The summed E-state index contributed by atoms with van der Waals surface area (Å²) in [6, 6.07) is 5.82. The van der Waals surface area contributed by atoms with E-state index in [1.165, 1.54) is 24.4 Å². The fraction of sp³-hybridized carbons (Fsp3) is 0.0909. The molecule has 0 saturated carbocycles. The first-order chi connectivity index (χ1) is 9.03. The van der Waals surface area contributed by atoms with E-state index in [-0.39, 0.29) is 22.0 Å². The maximum atomic E-state index is 12.0. The normalized spacial score (nSPS) is 11.2. The van der Waals surface area contributed by atoms with Crippen LogP contribution in [0.4, 0.5) is 0 Å². The maximum Gasteiger partial charge on any atom is 0.240 e. The lowest BCUT2D eigenvalue weighted by molar-refractivity contribution is 0.581. The van der Waals surface area contributed by atoms with E-state index in [2.05, 4.69) is 14.9 Å². The van der Waals surface area contributed by atoms with Gasteiger partial charge in [-0.3, -0.25) is 5.10 Å². The molecule has 0 aliphatic heterocycles. The summed E-state index contributed by atoms with van der Waals surface area (Å²) in [6.07, 6.45) is 3.11. The maximum absolute atomic E-state index is 12.0. The predicted octanol–water partition coefficient (Wildman–Crippen LogP) is 1.41. The van der Waals surface area contributed by atoms with Crippen LogP contribution in [0.25, 0.3) is 0 Å². The van der Waals surface area contributed by atoms with E-state index in [9.17, 15) is 8.42 Å². The lowest BCUT2D eigenvalue weighted by atomic mass is 10.2. The standard InChI is InChI=1S/C11H9ClN4O2S/c12-11-3-10(2-1-9(11)4-13)19(17,18)16-7-8-5-14-15-6-8/h1-3,5-6,16H,7H2,(H,14,15). The minimum Gasteiger partial charge on any atom is -0.285 e. The Hall–Kier alpha value is -1.88. The second-order valence-electron chi connectivity index (χ2n) is 3.68. The van der Waals surface area contributed by atoms with Crippen molar-refractivity contribution < 1.29 is 8.42 Å². The number of H-pyrrole nitrogens is 1. The zero-order valence-corrected chi connectivity index (χ0v) is 11.2. The van der Waals surface area contributed by atoms with Crippen LogP contribution in [0.1, 0.15) is 11.1 Å². The molecule has 0 fully saturated rings. The fourth-order valence-electron chi connectivity index (χ4n) is 1.39. The van der Waals surface area contributed by atoms with Crippen molar-refractivity contribution in [2.75, 3.05) is 0 Å². The molecule has 2 aromatic rings. The highest BCUT2D eigenvalue weighted by atomic mass is 35.5. The van der Waals surface area contributed by atoms with E-state index in [4.69, 9.17) is 16.9 Å². The van der Waals surface area contributed by atoms with Gasteiger partial charge in [-0.2, -0.15) is 10.4 Å². The fourth-order valence-corrected chi connectivity index (χ4v) is 2.72. The first-order valence-electron chi connectivity index (χ1n) is 5.20. The van der Waals surface area contributed by atoms with Crippen LogP contribution in [-0.2, 0) is 16.6 Å². The largest absolute Gasteiger partial charge is 0.285 e. The Bertz CT molecular complexity index is 720. The molecule has 0 unspecified atom stereocenters. The number of benzene rings is 1. The zero-order chi connectivity index (χ0) is 13.9. The van der Waals surface area contributed by atoms with E-state index >= 15 is 0 Å². The van der Waals surface area contributed by atoms with E-state index in [0.29, 0.717) is 5.56 Å². The molecule has 0 spiro atoms. The van der Waals surface area contributed by atoms with Gasteiger partial charge in [0.15, 0.2) is 0 Å². The quantitative estimate of drug-likeness (QED) is 0.891. The minimum absolute atomic E-state index is 0.0139. The minimum atomic E-state index is -3.67. The van der Waals surface area contributed by atoms with Crippen LogP contribution in [0, 0.1) is 11.3 Å². The Morgan fingerprint density at radius 2 is 2.26 bits per heavy atom. The van der Waals surface area contributed by atoms with Crippen molar-refractivity contribution >= 4 is 21.6 Å². The van der Waals surface area contributed by atoms with Gasteiger partial charge >= 0.3 is 0 Å². The van der Waals surface area contributed by atoms with E-state index in [0.717, 1.165) is 0 Å². The summed E-state index contributed by atoms with van der Waals surface area (Å²) in [5.41, 5.74) is 0.943. The van der Waals surface area contributed by atoms with Crippen LogP contribution in [0.5, 0.6) is 0 Å². The monoisotopic (exact) mass is 296 g/mol. The number of rotatable bonds is 4. The first-order valence-corrected chi connectivity index (χ1v) is 7.06. The molecule has 1 aromatic carbocycles. The summed E-state index contributed by atoms with van der Waals surface area (Å²) in [4.78, 5) is 0.0139. The number of hydrogen-bond acceptors (Lipinski definition) is 4. The summed E-state index contributed by atoms with van der Waals surface area (Å²) < 4.78 is 26.4. The molecule has 0 radical (unpaired) electrons. The van der Waals surface area contributed by atoms with Gasteiger partial charge in [0.05, 0.1) is 21.7 Å². The van der Waals surface area contributed by atoms with Crippen molar-refractivity contribution in [1.82, 2.24) is 14.9 Å². The highest BCUT2D eigenvalue weighted by Gasteiger charge is 2.15. The molecule has 0 aliphatic carbocycles. The molecule has 0 aliphatic rings. The number of hydrogen-bond donors (Lipinski definition) is 2. The molecule has 8 heteroatoms. The first kappa shape index (κ1) is 13.5. The van der Waals surface area contributed by atoms with Gasteiger partial charge in [-0.25, -0.2) is 13.1 Å². The molecular formula is C11H9ClN4O2S.